The van der Waals surface area contributed by atoms with Crippen LogP contribution in [0.25, 0.3) is 0 Å². The summed E-state index contributed by atoms with van der Waals surface area (Å²) in [5, 5.41) is 9.13. The van der Waals surface area contributed by atoms with Crippen molar-refractivity contribution in [3.8, 4) is 0 Å². The molecule has 1 saturated heterocycles. The minimum Gasteiger partial charge on any atom is -0.458 e. The van der Waals surface area contributed by atoms with Crippen molar-refractivity contribution in [1.82, 2.24) is 0 Å². The molecule has 1 fully saturated rings. The molecular weight excluding hydrogens is 348 g/mol. The lowest BCUT2D eigenvalue weighted by Gasteiger charge is -2.27. The van der Waals surface area contributed by atoms with Gasteiger partial charge in [-0.25, -0.2) is 9.59 Å². The summed E-state index contributed by atoms with van der Waals surface area (Å²) in [7, 11) is 1.46. The second-order valence-electron chi connectivity index (χ2n) is 7.02. The van der Waals surface area contributed by atoms with E-state index in [0.29, 0.717) is 12.0 Å². The van der Waals surface area contributed by atoms with Crippen LogP contribution in [0.1, 0.15) is 33.1 Å². The number of esters is 2. The molecule has 1 N–H and O–H groups in total. The molecule has 0 spiro atoms. The van der Waals surface area contributed by atoms with E-state index >= 15 is 0 Å². The molecule has 27 heavy (non-hydrogen) atoms. The van der Waals surface area contributed by atoms with E-state index in [1.54, 1.807) is 0 Å². The topological polar surface area (TPSA) is 82.1 Å². The van der Waals surface area contributed by atoms with Gasteiger partial charge in [-0.15, -0.1) is 0 Å². The molecular formula is C21H28O6. The maximum Gasteiger partial charge on any atom is 0.336 e. The van der Waals surface area contributed by atoms with Crippen LogP contribution in [-0.2, 0) is 23.8 Å². The van der Waals surface area contributed by atoms with Crippen LogP contribution in [-0.4, -0.2) is 49.6 Å². The Hall–Kier alpha value is -2.18. The average molecular weight is 376 g/mol. The lowest BCUT2D eigenvalue weighted by molar-refractivity contribution is -0.147. The van der Waals surface area contributed by atoms with Crippen LogP contribution in [0.15, 0.2) is 47.1 Å². The fourth-order valence-electron chi connectivity index (χ4n) is 3.41. The third-order valence-corrected chi connectivity index (χ3v) is 4.82. The Bertz CT molecular complexity index is 685. The highest BCUT2D eigenvalue weighted by Gasteiger charge is 2.44. The lowest BCUT2D eigenvalue weighted by atomic mass is 9.85. The van der Waals surface area contributed by atoms with Gasteiger partial charge in [0.15, 0.2) is 0 Å². The van der Waals surface area contributed by atoms with Gasteiger partial charge in [-0.2, -0.15) is 0 Å². The van der Waals surface area contributed by atoms with E-state index in [1.807, 2.05) is 19.9 Å². The van der Waals surface area contributed by atoms with E-state index in [-0.39, 0.29) is 18.8 Å². The molecule has 0 aromatic rings. The van der Waals surface area contributed by atoms with Crippen LogP contribution in [0.5, 0.6) is 0 Å². The first-order chi connectivity index (χ1) is 12.9. The molecule has 0 aromatic heterocycles. The first-order valence-corrected chi connectivity index (χ1v) is 9.09. The molecule has 0 radical (unpaired) electrons. The van der Waals surface area contributed by atoms with Crippen molar-refractivity contribution in [1.29, 1.82) is 0 Å². The summed E-state index contributed by atoms with van der Waals surface area (Å²) >= 11 is 0. The summed E-state index contributed by atoms with van der Waals surface area (Å²) in [4.78, 5) is 24.7. The molecule has 2 rings (SSSR count). The predicted molar refractivity (Wildman–Crippen MR) is 101 cm³/mol. The number of carbonyl (C=O) groups is 2. The molecule has 6 heteroatoms. The fourth-order valence-corrected chi connectivity index (χ4v) is 3.41. The summed E-state index contributed by atoms with van der Waals surface area (Å²) in [5.74, 6) is -1.48. The Morgan fingerprint density at radius 2 is 2.15 bits per heavy atom. The quantitative estimate of drug-likeness (QED) is 0.451. The number of carbonyl (C=O) groups excluding carboxylic acids is 2. The zero-order valence-corrected chi connectivity index (χ0v) is 16.2. The second kappa shape index (κ2) is 9.67. The Labute approximate surface area is 160 Å². The van der Waals surface area contributed by atoms with Gasteiger partial charge >= 0.3 is 11.9 Å². The molecule has 0 amide bonds. The Morgan fingerprint density at radius 3 is 2.81 bits per heavy atom. The number of methoxy groups -OCH3 is 1. The van der Waals surface area contributed by atoms with Crippen molar-refractivity contribution in [2.24, 2.45) is 5.92 Å². The van der Waals surface area contributed by atoms with Gasteiger partial charge in [-0.05, 0) is 38.8 Å². The number of aliphatic hydroxyl groups is 1. The van der Waals surface area contributed by atoms with Gasteiger partial charge in [0.1, 0.15) is 12.2 Å². The summed E-state index contributed by atoms with van der Waals surface area (Å²) in [6, 6.07) is 0. The summed E-state index contributed by atoms with van der Waals surface area (Å²) in [6.45, 7) is 7.60. The molecule has 3 atom stereocenters. The first kappa shape index (κ1) is 21.1. The maximum atomic E-state index is 12.6. The average Bonchev–Trinajstić information content (AvgIpc) is 2.87. The van der Waals surface area contributed by atoms with E-state index < -0.39 is 30.1 Å². The minimum atomic E-state index is -0.598. The van der Waals surface area contributed by atoms with Crippen LogP contribution < -0.4 is 0 Å². The van der Waals surface area contributed by atoms with Crippen molar-refractivity contribution < 1.29 is 28.9 Å². The SMILES string of the molecule is C=C1C(=O)O[C@H]2/C=C(\C)CC/C=C(/C)C[C@@H](OC(=O)/C(=C/CO)COC)C12. The van der Waals surface area contributed by atoms with E-state index in [4.69, 9.17) is 19.3 Å². The summed E-state index contributed by atoms with van der Waals surface area (Å²) in [5.41, 5.74) is 2.74. The van der Waals surface area contributed by atoms with Gasteiger partial charge in [0.05, 0.1) is 24.7 Å². The molecule has 0 aromatic carbocycles. The van der Waals surface area contributed by atoms with Crippen molar-refractivity contribution in [3.63, 3.8) is 0 Å². The van der Waals surface area contributed by atoms with Crippen molar-refractivity contribution in [2.45, 2.75) is 45.3 Å². The molecule has 1 aliphatic carbocycles. The molecule has 2 aliphatic rings. The van der Waals surface area contributed by atoms with Crippen LogP contribution in [0.2, 0.25) is 0 Å². The number of ether oxygens (including phenoxy) is 3. The van der Waals surface area contributed by atoms with Gasteiger partial charge in [0.25, 0.3) is 0 Å². The van der Waals surface area contributed by atoms with E-state index in [9.17, 15) is 9.59 Å². The van der Waals surface area contributed by atoms with Gasteiger partial charge in [0.2, 0.25) is 0 Å². The Balaban J connectivity index is 2.35. The number of allylic oxidation sites excluding steroid dienone is 2. The van der Waals surface area contributed by atoms with Crippen molar-refractivity contribution in [3.05, 3.63) is 47.1 Å². The third kappa shape index (κ3) is 5.40. The molecule has 148 valence electrons. The number of hydrogen-bond acceptors (Lipinski definition) is 6. The highest BCUT2D eigenvalue weighted by atomic mass is 16.6. The highest BCUT2D eigenvalue weighted by molar-refractivity contribution is 5.92. The minimum absolute atomic E-state index is 0.0322. The lowest BCUT2D eigenvalue weighted by Crippen LogP contribution is -2.34. The molecule has 0 bridgehead atoms. The Morgan fingerprint density at radius 1 is 1.41 bits per heavy atom. The summed E-state index contributed by atoms with van der Waals surface area (Å²) in [6.07, 6.45) is 6.55. The van der Waals surface area contributed by atoms with Crippen LogP contribution >= 0.6 is 0 Å². The zero-order chi connectivity index (χ0) is 20.0. The molecule has 0 saturated carbocycles. The van der Waals surface area contributed by atoms with Crippen molar-refractivity contribution in [2.75, 3.05) is 20.3 Å². The number of rotatable bonds is 5. The van der Waals surface area contributed by atoms with Gasteiger partial charge in [-0.3, -0.25) is 0 Å². The van der Waals surface area contributed by atoms with E-state index in [2.05, 4.69) is 12.7 Å². The second-order valence-corrected chi connectivity index (χ2v) is 7.02. The molecule has 6 nitrogen and oxygen atoms in total. The Kier molecular flexibility index (Phi) is 7.56. The van der Waals surface area contributed by atoms with Gasteiger partial charge in [0, 0.05) is 19.1 Å². The number of hydrogen-bond donors (Lipinski definition) is 1. The monoisotopic (exact) mass is 376 g/mol. The number of fused-ring (bicyclic) bond motifs is 1. The van der Waals surface area contributed by atoms with E-state index in [0.717, 1.165) is 24.0 Å². The molecule has 1 heterocycles. The van der Waals surface area contributed by atoms with Gasteiger partial charge < -0.3 is 19.3 Å². The smallest absolute Gasteiger partial charge is 0.336 e. The highest BCUT2D eigenvalue weighted by Crippen LogP contribution is 2.36. The molecule has 1 aliphatic heterocycles. The third-order valence-electron chi connectivity index (χ3n) is 4.82. The maximum absolute atomic E-state index is 12.6. The normalized spacial score (nSPS) is 30.5. The van der Waals surface area contributed by atoms with Gasteiger partial charge in [-0.1, -0.05) is 23.8 Å². The number of aliphatic hydroxyl groups excluding tert-OH is 1. The summed E-state index contributed by atoms with van der Waals surface area (Å²) < 4.78 is 16.3. The van der Waals surface area contributed by atoms with Crippen LogP contribution in [0, 0.1) is 5.92 Å². The predicted octanol–water partition coefficient (Wildman–Crippen LogP) is 2.64. The van der Waals surface area contributed by atoms with E-state index in [1.165, 1.54) is 13.2 Å². The van der Waals surface area contributed by atoms with Crippen LogP contribution in [0.4, 0.5) is 0 Å². The van der Waals surface area contributed by atoms with Crippen molar-refractivity contribution >= 4 is 11.9 Å². The van der Waals surface area contributed by atoms with Crippen LogP contribution in [0.3, 0.4) is 0 Å². The fraction of sp³-hybridized carbons (Fsp3) is 0.524. The first-order valence-electron chi connectivity index (χ1n) is 9.09. The largest absolute Gasteiger partial charge is 0.458 e. The zero-order valence-electron chi connectivity index (χ0n) is 16.2. The molecule has 1 unspecified atom stereocenters. The standard InChI is InChI=1S/C21H28O6/c1-13-6-5-7-14(2)11-18(19-15(3)20(23)26-17(19)10-13)27-21(24)16(8-9-22)12-25-4/h7-8,10,17-19,22H,3,5-6,9,11-12H2,1-2,4H3/b13-10+,14-7-,16-8+/t17-,18+,19?/m0/s1.